The summed E-state index contributed by atoms with van der Waals surface area (Å²) in [4.78, 5) is 30.1. The zero-order valence-electron chi connectivity index (χ0n) is 14.1. The van der Waals surface area contributed by atoms with Gasteiger partial charge in [0.25, 0.3) is 0 Å². The molecule has 0 spiro atoms. The maximum Gasteiger partial charge on any atom is 0.350 e. The summed E-state index contributed by atoms with van der Waals surface area (Å²) in [5, 5.41) is 3.55. The van der Waals surface area contributed by atoms with Crippen molar-refractivity contribution in [3.8, 4) is 11.4 Å². The van der Waals surface area contributed by atoms with Crippen LogP contribution in [0.5, 0.6) is 0 Å². The zero-order chi connectivity index (χ0) is 17.8. The Bertz CT molecular complexity index is 910. The number of hydrogen-bond acceptors (Lipinski definition) is 8. The van der Waals surface area contributed by atoms with E-state index in [-0.39, 0.29) is 0 Å². The van der Waals surface area contributed by atoms with Gasteiger partial charge in [0, 0.05) is 18.1 Å². The van der Waals surface area contributed by atoms with Crippen LogP contribution >= 0.6 is 11.3 Å². The van der Waals surface area contributed by atoms with Crippen molar-refractivity contribution in [3.63, 3.8) is 0 Å². The molecule has 0 aromatic carbocycles. The number of nitrogens with one attached hydrogen (secondary N) is 1. The van der Waals surface area contributed by atoms with Crippen molar-refractivity contribution in [2.24, 2.45) is 0 Å². The molecule has 0 aliphatic heterocycles. The van der Waals surface area contributed by atoms with E-state index in [1.54, 1.807) is 25.4 Å². The van der Waals surface area contributed by atoms with E-state index in [0.717, 1.165) is 11.3 Å². The van der Waals surface area contributed by atoms with Crippen LogP contribution in [0.4, 0.5) is 11.1 Å². The smallest absolute Gasteiger partial charge is 0.350 e. The first-order valence-corrected chi connectivity index (χ1v) is 8.56. The van der Waals surface area contributed by atoms with E-state index in [0.29, 0.717) is 34.0 Å². The molecule has 0 bridgehead atoms. The molecule has 0 saturated carbocycles. The monoisotopic (exact) mass is 355 g/mol. The van der Waals surface area contributed by atoms with Crippen LogP contribution in [0.2, 0.25) is 0 Å². The molecule has 0 aliphatic rings. The first-order chi connectivity index (χ1) is 12.1. The SMILES string of the molecule is CCOC(=O)c1sc(Nc2nccc(C)n2)nc1-c1ncccc1C. The van der Waals surface area contributed by atoms with Crippen LogP contribution in [0.1, 0.15) is 27.9 Å². The lowest BCUT2D eigenvalue weighted by Gasteiger charge is -2.04. The molecule has 0 aliphatic carbocycles. The number of carbonyl (C=O) groups excluding carboxylic acids is 1. The molecular formula is C17H17N5O2S. The first kappa shape index (κ1) is 17.0. The van der Waals surface area contributed by atoms with E-state index >= 15 is 0 Å². The van der Waals surface area contributed by atoms with E-state index in [9.17, 15) is 4.79 Å². The predicted molar refractivity (Wildman–Crippen MR) is 96.1 cm³/mol. The molecule has 3 rings (SSSR count). The highest BCUT2D eigenvalue weighted by Gasteiger charge is 2.23. The molecule has 0 saturated heterocycles. The maximum absolute atomic E-state index is 12.3. The van der Waals surface area contributed by atoms with Crippen molar-refractivity contribution in [1.29, 1.82) is 0 Å². The fraction of sp³-hybridized carbons (Fsp3) is 0.235. The number of hydrogen-bond donors (Lipinski definition) is 1. The van der Waals surface area contributed by atoms with E-state index in [2.05, 4.69) is 25.3 Å². The second-order valence-electron chi connectivity index (χ2n) is 5.23. The standard InChI is InChI=1S/C17H17N5O2S/c1-4-24-15(23)14-13(12-10(2)6-5-8-18-12)21-17(25-14)22-16-19-9-7-11(3)20-16/h5-9H,4H2,1-3H3,(H,19,20,21,22). The van der Waals surface area contributed by atoms with E-state index in [1.807, 2.05) is 26.0 Å². The summed E-state index contributed by atoms with van der Waals surface area (Å²) in [6, 6.07) is 5.57. The Labute approximate surface area is 149 Å². The van der Waals surface area contributed by atoms with Gasteiger partial charge in [0.05, 0.1) is 12.3 Å². The summed E-state index contributed by atoms with van der Waals surface area (Å²) < 4.78 is 5.16. The fourth-order valence-electron chi connectivity index (χ4n) is 2.21. The van der Waals surface area contributed by atoms with Crippen molar-refractivity contribution >= 4 is 28.4 Å². The van der Waals surface area contributed by atoms with Crippen LogP contribution in [-0.2, 0) is 4.74 Å². The van der Waals surface area contributed by atoms with Gasteiger partial charge in [-0.15, -0.1) is 0 Å². The Kier molecular flexibility index (Phi) is 4.99. The molecule has 3 heterocycles. The fourth-order valence-corrected chi connectivity index (χ4v) is 3.06. The molecular weight excluding hydrogens is 338 g/mol. The number of ether oxygens (including phenoxy) is 1. The molecule has 8 heteroatoms. The lowest BCUT2D eigenvalue weighted by atomic mass is 10.1. The summed E-state index contributed by atoms with van der Waals surface area (Å²) in [5.74, 6) is 0.00622. The highest BCUT2D eigenvalue weighted by Crippen LogP contribution is 2.33. The Morgan fingerprint density at radius 3 is 2.72 bits per heavy atom. The van der Waals surface area contributed by atoms with E-state index in [4.69, 9.17) is 4.74 Å². The minimum Gasteiger partial charge on any atom is -0.462 e. The third kappa shape index (κ3) is 3.80. The number of aromatic nitrogens is 4. The Balaban J connectivity index is 2.02. The van der Waals surface area contributed by atoms with Gasteiger partial charge in [0.15, 0.2) is 5.13 Å². The third-order valence-corrected chi connectivity index (χ3v) is 4.29. The van der Waals surface area contributed by atoms with Gasteiger partial charge < -0.3 is 10.1 Å². The molecule has 3 aromatic heterocycles. The molecule has 128 valence electrons. The average molecular weight is 355 g/mol. The number of aryl methyl sites for hydroxylation is 2. The maximum atomic E-state index is 12.3. The average Bonchev–Trinajstić information content (AvgIpc) is 2.99. The number of esters is 1. The minimum atomic E-state index is -0.418. The quantitative estimate of drug-likeness (QED) is 0.700. The molecule has 25 heavy (non-hydrogen) atoms. The minimum absolute atomic E-state index is 0.293. The summed E-state index contributed by atoms with van der Waals surface area (Å²) in [6.07, 6.45) is 3.34. The Morgan fingerprint density at radius 2 is 2.00 bits per heavy atom. The van der Waals surface area contributed by atoms with Gasteiger partial charge in [-0.1, -0.05) is 17.4 Å². The molecule has 3 aromatic rings. The van der Waals surface area contributed by atoms with E-state index < -0.39 is 5.97 Å². The van der Waals surface area contributed by atoms with Gasteiger partial charge in [-0.3, -0.25) is 4.98 Å². The number of pyridine rings is 1. The van der Waals surface area contributed by atoms with Crippen LogP contribution in [0.25, 0.3) is 11.4 Å². The first-order valence-electron chi connectivity index (χ1n) is 7.75. The van der Waals surface area contributed by atoms with E-state index in [1.165, 1.54) is 11.3 Å². The molecule has 0 atom stereocenters. The summed E-state index contributed by atoms with van der Waals surface area (Å²) >= 11 is 1.20. The lowest BCUT2D eigenvalue weighted by Crippen LogP contribution is -2.04. The van der Waals surface area contributed by atoms with Crippen LogP contribution < -0.4 is 5.32 Å². The van der Waals surface area contributed by atoms with Crippen LogP contribution in [0, 0.1) is 13.8 Å². The van der Waals surface area contributed by atoms with Crippen molar-refractivity contribution in [2.45, 2.75) is 20.8 Å². The number of anilines is 2. The second kappa shape index (κ2) is 7.35. The Hall–Kier alpha value is -2.87. The molecule has 7 nitrogen and oxygen atoms in total. The van der Waals surface area contributed by atoms with Crippen molar-refractivity contribution in [2.75, 3.05) is 11.9 Å². The lowest BCUT2D eigenvalue weighted by molar-refractivity contribution is 0.0532. The van der Waals surface area contributed by atoms with Gasteiger partial charge in [-0.25, -0.2) is 19.7 Å². The molecule has 0 fully saturated rings. The molecule has 1 N–H and O–H groups in total. The number of rotatable bonds is 5. The number of carbonyl (C=O) groups is 1. The van der Waals surface area contributed by atoms with Crippen LogP contribution in [0.3, 0.4) is 0 Å². The molecule has 0 amide bonds. The highest BCUT2D eigenvalue weighted by atomic mass is 32.1. The normalized spacial score (nSPS) is 10.5. The summed E-state index contributed by atoms with van der Waals surface area (Å²) in [5.41, 5.74) is 2.91. The molecule has 0 unspecified atom stereocenters. The number of thiazole rings is 1. The van der Waals surface area contributed by atoms with Crippen molar-refractivity contribution < 1.29 is 9.53 Å². The van der Waals surface area contributed by atoms with Crippen molar-refractivity contribution in [3.05, 3.63) is 46.7 Å². The Morgan fingerprint density at radius 1 is 1.16 bits per heavy atom. The highest BCUT2D eigenvalue weighted by molar-refractivity contribution is 7.18. The van der Waals surface area contributed by atoms with Gasteiger partial charge in [0.1, 0.15) is 10.6 Å². The zero-order valence-corrected chi connectivity index (χ0v) is 14.9. The molecule has 0 radical (unpaired) electrons. The third-order valence-electron chi connectivity index (χ3n) is 3.34. The topological polar surface area (TPSA) is 89.9 Å². The van der Waals surface area contributed by atoms with Gasteiger partial charge in [-0.05, 0) is 38.5 Å². The summed E-state index contributed by atoms with van der Waals surface area (Å²) in [6.45, 7) is 5.86. The van der Waals surface area contributed by atoms with Gasteiger partial charge in [-0.2, -0.15) is 0 Å². The predicted octanol–water partition coefficient (Wildman–Crippen LogP) is 3.53. The van der Waals surface area contributed by atoms with Gasteiger partial charge in [0.2, 0.25) is 5.95 Å². The summed E-state index contributed by atoms with van der Waals surface area (Å²) in [7, 11) is 0. The van der Waals surface area contributed by atoms with Gasteiger partial charge >= 0.3 is 5.97 Å². The largest absolute Gasteiger partial charge is 0.462 e. The second-order valence-corrected chi connectivity index (χ2v) is 6.23. The number of nitrogens with zero attached hydrogens (tertiary/aromatic N) is 4. The van der Waals surface area contributed by atoms with Crippen molar-refractivity contribution in [1.82, 2.24) is 19.9 Å². The van der Waals surface area contributed by atoms with Crippen LogP contribution in [-0.4, -0.2) is 32.5 Å². The van der Waals surface area contributed by atoms with Crippen LogP contribution in [0.15, 0.2) is 30.6 Å².